The summed E-state index contributed by atoms with van der Waals surface area (Å²) in [6.45, 7) is 4.15. The van der Waals surface area contributed by atoms with Crippen LogP contribution in [0.15, 0.2) is 71.5 Å². The molecule has 6 rings (SSSR count). The molecule has 12 heteroatoms. The van der Waals surface area contributed by atoms with E-state index in [-0.39, 0.29) is 23.9 Å². The Morgan fingerprint density at radius 2 is 1.78 bits per heavy atom. The molecule has 9 nitrogen and oxygen atoms in total. The highest BCUT2D eigenvalue weighted by atomic mass is 19.4. The van der Waals surface area contributed by atoms with Crippen LogP contribution in [0.5, 0.6) is 11.5 Å². The van der Waals surface area contributed by atoms with Crippen molar-refractivity contribution in [2.24, 2.45) is 7.05 Å². The predicted octanol–water partition coefficient (Wildman–Crippen LogP) is 5.70. The van der Waals surface area contributed by atoms with Crippen LogP contribution in [0.25, 0.3) is 21.8 Å². The van der Waals surface area contributed by atoms with Crippen LogP contribution in [-0.2, 0) is 18.2 Å². The van der Waals surface area contributed by atoms with Crippen molar-refractivity contribution in [1.82, 2.24) is 19.8 Å². The number of nitrogens with one attached hydrogen (secondary N) is 2. The number of carbonyl (C=O) groups is 1. The molecule has 5 aromatic rings. The summed E-state index contributed by atoms with van der Waals surface area (Å²) < 4.78 is 49.9. The minimum atomic E-state index is -4.87. The Balaban J connectivity index is 1.50. The number of hydrogen-bond acceptors (Lipinski definition) is 5. The summed E-state index contributed by atoms with van der Waals surface area (Å²) in [4.78, 5) is 32.1. The molecule has 0 radical (unpaired) electrons. The molecule has 1 aliphatic heterocycles. The van der Waals surface area contributed by atoms with Crippen molar-refractivity contribution in [2.75, 3.05) is 32.8 Å². The molecule has 1 saturated heterocycles. The van der Waals surface area contributed by atoms with Crippen molar-refractivity contribution in [3.8, 4) is 11.5 Å². The van der Waals surface area contributed by atoms with Crippen LogP contribution in [0.3, 0.4) is 0 Å². The number of ether oxygens (including phenoxy) is 2. The molecule has 3 heterocycles. The van der Waals surface area contributed by atoms with Crippen LogP contribution < -0.4 is 15.6 Å². The number of para-hydroxylation sites is 1. The van der Waals surface area contributed by atoms with Gasteiger partial charge in [-0.05, 0) is 60.9 Å². The number of pyridine rings is 1. The number of alkyl halides is 3. The zero-order valence-electron chi connectivity index (χ0n) is 25.3. The van der Waals surface area contributed by atoms with Crippen molar-refractivity contribution in [1.29, 1.82) is 0 Å². The van der Waals surface area contributed by atoms with Gasteiger partial charge in [0.05, 0.1) is 30.2 Å². The number of rotatable bonds is 7. The predicted molar refractivity (Wildman–Crippen MR) is 167 cm³/mol. The van der Waals surface area contributed by atoms with E-state index in [4.69, 9.17) is 4.74 Å². The van der Waals surface area contributed by atoms with E-state index in [2.05, 4.69) is 15.0 Å². The summed E-state index contributed by atoms with van der Waals surface area (Å²) in [5, 5.41) is 16.0. The Morgan fingerprint density at radius 1 is 1.07 bits per heavy atom. The Kier molecular flexibility index (Phi) is 8.39. The van der Waals surface area contributed by atoms with E-state index < -0.39 is 23.6 Å². The van der Waals surface area contributed by atoms with Crippen LogP contribution in [0, 0.1) is 6.92 Å². The number of aromatic nitrogens is 2. The number of H-pyrrole nitrogens is 1. The molecule has 2 amide bonds. The second kappa shape index (κ2) is 12.4. The fraction of sp³-hybridized carbons (Fsp3) is 0.294. The Labute approximate surface area is 262 Å². The lowest BCUT2D eigenvalue weighted by Gasteiger charge is -2.27. The molecule has 0 bridgehead atoms. The minimum Gasteiger partial charge on any atom is -0.507 e. The number of amides is 2. The second-order valence-corrected chi connectivity index (χ2v) is 11.3. The molecule has 2 aromatic heterocycles. The maximum Gasteiger partial charge on any atom is 0.573 e. The first-order valence-corrected chi connectivity index (χ1v) is 14.9. The molecule has 1 unspecified atom stereocenters. The van der Waals surface area contributed by atoms with Crippen molar-refractivity contribution in [3.63, 3.8) is 0 Å². The molecule has 0 saturated carbocycles. The summed E-state index contributed by atoms with van der Waals surface area (Å²) in [6, 6.07) is 17.9. The molecule has 46 heavy (non-hydrogen) atoms. The number of fused-ring (bicyclic) bond motifs is 2. The number of morpholine rings is 1. The van der Waals surface area contributed by atoms with E-state index in [1.807, 2.05) is 25.1 Å². The number of benzene rings is 3. The van der Waals surface area contributed by atoms with Gasteiger partial charge in [0.1, 0.15) is 11.5 Å². The third kappa shape index (κ3) is 6.12. The molecule has 1 fully saturated rings. The molecule has 3 aromatic carbocycles. The number of aryl methyl sites for hydroxylation is 2. The number of halogens is 3. The first-order valence-electron chi connectivity index (χ1n) is 14.9. The number of aromatic amines is 1. The second-order valence-electron chi connectivity index (χ2n) is 11.3. The zero-order chi connectivity index (χ0) is 32.6. The Morgan fingerprint density at radius 3 is 2.50 bits per heavy atom. The first kappa shape index (κ1) is 31.0. The summed E-state index contributed by atoms with van der Waals surface area (Å²) in [5.41, 5.74) is 3.73. The Hall–Kier alpha value is -4.97. The van der Waals surface area contributed by atoms with Crippen LogP contribution in [0.2, 0.25) is 0 Å². The van der Waals surface area contributed by atoms with E-state index in [0.29, 0.717) is 54.9 Å². The maximum absolute atomic E-state index is 14.0. The van der Waals surface area contributed by atoms with E-state index in [9.17, 15) is 27.9 Å². The number of aromatic hydroxyl groups is 1. The van der Waals surface area contributed by atoms with Gasteiger partial charge < -0.3 is 34.3 Å². The third-order valence-corrected chi connectivity index (χ3v) is 8.38. The van der Waals surface area contributed by atoms with Crippen molar-refractivity contribution < 1.29 is 32.5 Å². The van der Waals surface area contributed by atoms with Crippen LogP contribution >= 0.6 is 0 Å². The number of urea groups is 1. The summed E-state index contributed by atoms with van der Waals surface area (Å²) in [6.07, 6.45) is -4.50. The van der Waals surface area contributed by atoms with Gasteiger partial charge >= 0.3 is 12.4 Å². The van der Waals surface area contributed by atoms with Crippen LogP contribution in [0.4, 0.5) is 18.0 Å². The molecule has 1 aliphatic rings. The summed E-state index contributed by atoms with van der Waals surface area (Å²) in [5.74, 6) is -1.55. The minimum absolute atomic E-state index is 0.0626. The highest BCUT2D eigenvalue weighted by Gasteiger charge is 2.33. The van der Waals surface area contributed by atoms with Gasteiger partial charge in [-0.2, -0.15) is 0 Å². The lowest BCUT2D eigenvalue weighted by Crippen LogP contribution is -2.46. The normalized spacial score (nSPS) is 14.5. The third-order valence-electron chi connectivity index (χ3n) is 8.38. The summed E-state index contributed by atoms with van der Waals surface area (Å²) >= 11 is 0. The quantitative estimate of drug-likeness (QED) is 0.213. The van der Waals surface area contributed by atoms with E-state index in [1.54, 1.807) is 36.2 Å². The maximum atomic E-state index is 14.0. The standard InChI is InChI=1S/C34H33F3N4O5/c1-20-7-12-26-25(19-20)23(13-14-38-33(44)41-15-17-45-18-16-41)30(39-26)28(21-8-10-22(11-9-21)46-34(35,36)37)29-31(42)24-5-3-4-6-27(24)40(2)32(29)43/h3-12,19,28,39,42H,13-18H2,1-2H3,(H,38,44). The van der Waals surface area contributed by atoms with Gasteiger partial charge in [-0.1, -0.05) is 35.9 Å². The van der Waals surface area contributed by atoms with E-state index >= 15 is 0 Å². The number of hydrogen-bond donors (Lipinski definition) is 3. The van der Waals surface area contributed by atoms with Gasteiger partial charge in [0, 0.05) is 48.7 Å². The fourth-order valence-electron chi connectivity index (χ4n) is 6.17. The molecular weight excluding hydrogens is 601 g/mol. The molecule has 240 valence electrons. The zero-order valence-corrected chi connectivity index (χ0v) is 25.3. The Bertz CT molecular complexity index is 1960. The van der Waals surface area contributed by atoms with Gasteiger partial charge in [0.2, 0.25) is 0 Å². The molecule has 3 N–H and O–H groups in total. The largest absolute Gasteiger partial charge is 0.573 e. The first-order chi connectivity index (χ1) is 22.0. The van der Waals surface area contributed by atoms with E-state index in [1.165, 1.54) is 28.8 Å². The van der Waals surface area contributed by atoms with Gasteiger partial charge in [-0.3, -0.25) is 4.79 Å². The number of carbonyl (C=O) groups excluding carboxylic acids is 1. The SMILES string of the molecule is Cc1ccc2[nH]c(C(c3ccc(OC(F)(F)F)cc3)c3c(O)c4ccccc4n(C)c3=O)c(CCNC(=O)N3CCOCC3)c2c1. The van der Waals surface area contributed by atoms with Crippen molar-refractivity contribution in [2.45, 2.75) is 25.6 Å². The molecular formula is C34H33F3N4O5. The topological polar surface area (TPSA) is 109 Å². The molecule has 0 spiro atoms. The van der Waals surface area contributed by atoms with Crippen LogP contribution in [-0.4, -0.2) is 64.8 Å². The monoisotopic (exact) mass is 634 g/mol. The molecule has 1 atom stereocenters. The average molecular weight is 635 g/mol. The number of nitrogens with zero attached hydrogens (tertiary/aromatic N) is 2. The average Bonchev–Trinajstić information content (AvgIpc) is 3.39. The van der Waals surface area contributed by atoms with Gasteiger partial charge in [-0.25, -0.2) is 4.79 Å². The van der Waals surface area contributed by atoms with Crippen molar-refractivity contribution in [3.05, 3.63) is 105 Å². The van der Waals surface area contributed by atoms with Gasteiger partial charge in [0.15, 0.2) is 0 Å². The van der Waals surface area contributed by atoms with Gasteiger partial charge in [0.25, 0.3) is 5.56 Å². The lowest BCUT2D eigenvalue weighted by molar-refractivity contribution is -0.274. The highest BCUT2D eigenvalue weighted by molar-refractivity contribution is 5.89. The lowest BCUT2D eigenvalue weighted by atomic mass is 9.85. The fourth-order valence-corrected chi connectivity index (χ4v) is 6.17. The summed E-state index contributed by atoms with van der Waals surface area (Å²) in [7, 11) is 1.61. The highest BCUT2D eigenvalue weighted by Crippen LogP contribution is 2.41. The molecule has 0 aliphatic carbocycles. The smallest absolute Gasteiger partial charge is 0.507 e. The van der Waals surface area contributed by atoms with E-state index in [0.717, 1.165) is 22.0 Å². The van der Waals surface area contributed by atoms with Gasteiger partial charge in [-0.15, -0.1) is 13.2 Å². The van der Waals surface area contributed by atoms with Crippen molar-refractivity contribution >= 4 is 27.8 Å². The van der Waals surface area contributed by atoms with Crippen LogP contribution in [0.1, 0.15) is 33.9 Å².